The number of carbonyl (C=O) groups excluding carboxylic acids is 1. The van der Waals surface area contributed by atoms with Gasteiger partial charge in [0.1, 0.15) is 5.60 Å². The Kier molecular flexibility index (Phi) is 7.08. The van der Waals surface area contributed by atoms with Gasteiger partial charge in [0.25, 0.3) is 0 Å². The predicted molar refractivity (Wildman–Crippen MR) is 106 cm³/mol. The Morgan fingerprint density at radius 3 is 2.81 bits per heavy atom. The monoisotopic (exact) mass is 380 g/mol. The third-order valence-corrected chi connectivity index (χ3v) is 5.03. The Hall–Kier alpha value is -1.58. The zero-order valence-electron chi connectivity index (χ0n) is 16.1. The van der Waals surface area contributed by atoms with Crippen LogP contribution in [0.25, 0.3) is 0 Å². The Bertz CT molecular complexity index is 606. The average Bonchev–Trinajstić information content (AvgIpc) is 3.12. The van der Waals surface area contributed by atoms with Crippen LogP contribution in [-0.4, -0.2) is 72.3 Å². The molecule has 2 rings (SSSR count). The lowest BCUT2D eigenvalue weighted by Crippen LogP contribution is -2.42. The van der Waals surface area contributed by atoms with Crippen LogP contribution in [0.1, 0.15) is 33.6 Å². The molecule has 0 aromatic carbocycles. The largest absolute Gasteiger partial charge is 0.444 e. The molecule has 2 fully saturated rings. The van der Waals surface area contributed by atoms with Gasteiger partial charge in [0.15, 0.2) is 0 Å². The number of terminal acetylenes is 1. The molecule has 2 aliphatic rings. The maximum Gasteiger partial charge on any atom is 0.410 e. The molecule has 0 aliphatic carbocycles. The SMILES string of the molecule is C#CC(C=NC(Cl)=NC)CCN1C[C@@H]2CCN(C(=O)OC(C)(C)C)[C@@H]2C1. The van der Waals surface area contributed by atoms with Gasteiger partial charge < -0.3 is 14.5 Å². The quantitative estimate of drug-likeness (QED) is 0.326. The molecule has 2 aliphatic heterocycles. The molecule has 6 nitrogen and oxygen atoms in total. The van der Waals surface area contributed by atoms with E-state index in [1.54, 1.807) is 13.3 Å². The van der Waals surface area contributed by atoms with Crippen molar-refractivity contribution in [3.05, 3.63) is 0 Å². The second-order valence-corrected chi connectivity index (χ2v) is 8.22. The van der Waals surface area contributed by atoms with Gasteiger partial charge >= 0.3 is 6.09 Å². The van der Waals surface area contributed by atoms with Crippen LogP contribution in [0.5, 0.6) is 0 Å². The molecule has 3 atom stereocenters. The van der Waals surface area contributed by atoms with Crippen LogP contribution in [0, 0.1) is 24.2 Å². The number of hydrogen-bond donors (Lipinski definition) is 0. The van der Waals surface area contributed by atoms with Gasteiger partial charge in [-0.15, -0.1) is 6.42 Å². The van der Waals surface area contributed by atoms with E-state index in [0.29, 0.717) is 5.92 Å². The molecule has 7 heteroatoms. The minimum atomic E-state index is -0.462. The van der Waals surface area contributed by atoms with Gasteiger partial charge in [0.05, 0.1) is 12.0 Å². The minimum absolute atomic E-state index is 0.0760. The number of likely N-dealkylation sites (tertiary alicyclic amines) is 2. The number of halogens is 1. The summed E-state index contributed by atoms with van der Waals surface area (Å²) < 4.78 is 5.55. The van der Waals surface area contributed by atoms with Crippen LogP contribution in [0.3, 0.4) is 0 Å². The molecule has 0 N–H and O–H groups in total. The maximum absolute atomic E-state index is 12.4. The summed E-state index contributed by atoms with van der Waals surface area (Å²) in [5.41, 5.74) is -0.462. The van der Waals surface area contributed by atoms with E-state index >= 15 is 0 Å². The van der Waals surface area contributed by atoms with Crippen LogP contribution >= 0.6 is 11.6 Å². The lowest BCUT2D eigenvalue weighted by atomic mass is 10.1. The number of nitrogens with zero attached hydrogens (tertiary/aromatic N) is 4. The van der Waals surface area contributed by atoms with Gasteiger partial charge in [-0.05, 0) is 57.7 Å². The lowest BCUT2D eigenvalue weighted by Gasteiger charge is -2.28. The van der Waals surface area contributed by atoms with E-state index in [4.69, 9.17) is 22.8 Å². The van der Waals surface area contributed by atoms with Gasteiger partial charge in [0.2, 0.25) is 5.29 Å². The number of ether oxygens (including phenoxy) is 1. The van der Waals surface area contributed by atoms with Crippen molar-refractivity contribution in [2.45, 2.75) is 45.3 Å². The van der Waals surface area contributed by atoms with Crippen molar-refractivity contribution in [3.63, 3.8) is 0 Å². The fraction of sp³-hybridized carbons (Fsp3) is 0.737. The molecule has 1 amide bonds. The van der Waals surface area contributed by atoms with E-state index in [-0.39, 0.29) is 23.3 Å². The van der Waals surface area contributed by atoms with Crippen molar-refractivity contribution in [1.82, 2.24) is 9.80 Å². The summed E-state index contributed by atoms with van der Waals surface area (Å²) in [6, 6.07) is 0.240. The molecule has 0 spiro atoms. The zero-order chi connectivity index (χ0) is 19.3. The smallest absolute Gasteiger partial charge is 0.410 e. The summed E-state index contributed by atoms with van der Waals surface area (Å²) in [5.74, 6) is 3.17. The van der Waals surface area contributed by atoms with E-state index in [2.05, 4.69) is 20.8 Å². The Morgan fingerprint density at radius 1 is 1.46 bits per heavy atom. The lowest BCUT2D eigenvalue weighted by molar-refractivity contribution is 0.0218. The van der Waals surface area contributed by atoms with Gasteiger partial charge in [0, 0.05) is 32.9 Å². The normalized spacial score (nSPS) is 25.4. The Morgan fingerprint density at radius 2 is 2.19 bits per heavy atom. The Balaban J connectivity index is 1.85. The standard InChI is InChI=1S/C19H29ClN4O2/c1-6-14(11-22-17(20)21-5)7-9-23-12-15-8-10-24(16(15)13-23)18(25)26-19(2,3)4/h1,11,14-16H,7-10,12-13H2,2-5H3/t14?,15-,16+/m0/s1. The second-order valence-electron chi connectivity index (χ2n) is 7.88. The van der Waals surface area contributed by atoms with Crippen LogP contribution in [0.15, 0.2) is 9.98 Å². The molecule has 0 aromatic rings. The fourth-order valence-corrected chi connectivity index (χ4v) is 3.57. The van der Waals surface area contributed by atoms with Crippen molar-refractivity contribution in [2.75, 3.05) is 33.2 Å². The fourth-order valence-electron chi connectivity index (χ4n) is 3.51. The molecule has 2 heterocycles. The first kappa shape index (κ1) is 20.7. The van der Waals surface area contributed by atoms with Gasteiger partial charge in [-0.3, -0.25) is 4.99 Å². The number of rotatable bonds is 4. The molecule has 144 valence electrons. The molecular weight excluding hydrogens is 352 g/mol. The zero-order valence-corrected chi connectivity index (χ0v) is 16.9. The topological polar surface area (TPSA) is 57.5 Å². The molecule has 0 aromatic heterocycles. The van der Waals surface area contributed by atoms with E-state index in [1.807, 2.05) is 25.7 Å². The van der Waals surface area contributed by atoms with E-state index in [0.717, 1.165) is 39.0 Å². The van der Waals surface area contributed by atoms with Crippen molar-refractivity contribution in [2.24, 2.45) is 21.8 Å². The first-order valence-electron chi connectivity index (χ1n) is 9.08. The summed E-state index contributed by atoms with van der Waals surface area (Å²) in [6.45, 7) is 9.22. The molecule has 0 bridgehead atoms. The molecule has 0 radical (unpaired) electrons. The molecule has 0 saturated carbocycles. The van der Waals surface area contributed by atoms with Crippen molar-refractivity contribution in [1.29, 1.82) is 0 Å². The Labute approximate surface area is 161 Å². The summed E-state index contributed by atoms with van der Waals surface area (Å²) in [5, 5.41) is 0.203. The molecule has 2 saturated heterocycles. The number of carbonyl (C=O) groups is 1. The summed E-state index contributed by atoms with van der Waals surface area (Å²) >= 11 is 5.77. The highest BCUT2D eigenvalue weighted by Crippen LogP contribution is 2.32. The third kappa shape index (κ3) is 5.72. The highest BCUT2D eigenvalue weighted by molar-refractivity contribution is 6.65. The average molecular weight is 381 g/mol. The summed E-state index contributed by atoms with van der Waals surface area (Å²) in [7, 11) is 1.59. The number of amidine groups is 1. The van der Waals surface area contributed by atoms with Crippen molar-refractivity contribution >= 4 is 29.2 Å². The highest BCUT2D eigenvalue weighted by Gasteiger charge is 2.44. The number of hydrogen-bond acceptors (Lipinski definition) is 4. The van der Waals surface area contributed by atoms with E-state index in [1.165, 1.54) is 0 Å². The third-order valence-electron chi connectivity index (χ3n) is 4.77. The summed E-state index contributed by atoms with van der Waals surface area (Å²) in [6.07, 6.45) is 8.90. The second kappa shape index (κ2) is 8.88. The first-order valence-corrected chi connectivity index (χ1v) is 9.46. The van der Waals surface area contributed by atoms with Crippen LogP contribution in [0.4, 0.5) is 4.79 Å². The maximum atomic E-state index is 12.4. The van der Waals surface area contributed by atoms with Gasteiger partial charge in [-0.1, -0.05) is 5.92 Å². The van der Waals surface area contributed by atoms with Crippen molar-refractivity contribution in [3.8, 4) is 12.3 Å². The van der Waals surface area contributed by atoms with Crippen LogP contribution in [0.2, 0.25) is 0 Å². The van der Waals surface area contributed by atoms with E-state index < -0.39 is 5.60 Å². The van der Waals surface area contributed by atoms with Crippen LogP contribution < -0.4 is 0 Å². The minimum Gasteiger partial charge on any atom is -0.444 e. The van der Waals surface area contributed by atoms with Crippen molar-refractivity contribution < 1.29 is 9.53 Å². The number of fused-ring (bicyclic) bond motifs is 1. The summed E-state index contributed by atoms with van der Waals surface area (Å²) in [4.78, 5) is 24.5. The molecule has 26 heavy (non-hydrogen) atoms. The molecule has 1 unspecified atom stereocenters. The number of amides is 1. The van der Waals surface area contributed by atoms with Gasteiger partial charge in [-0.25, -0.2) is 9.79 Å². The first-order chi connectivity index (χ1) is 12.2. The van der Waals surface area contributed by atoms with E-state index in [9.17, 15) is 4.79 Å². The van der Waals surface area contributed by atoms with Gasteiger partial charge in [-0.2, -0.15) is 0 Å². The molecular formula is C19H29ClN4O2. The van der Waals surface area contributed by atoms with Crippen LogP contribution in [-0.2, 0) is 4.74 Å². The predicted octanol–water partition coefficient (Wildman–Crippen LogP) is 2.86. The number of aliphatic imine (C=N–C) groups is 2. The highest BCUT2D eigenvalue weighted by atomic mass is 35.5.